The lowest BCUT2D eigenvalue weighted by Crippen LogP contribution is -2.17. The van der Waals surface area contributed by atoms with Gasteiger partial charge < -0.3 is 18.9 Å². The van der Waals surface area contributed by atoms with E-state index in [1.807, 2.05) is 26.0 Å². The van der Waals surface area contributed by atoms with E-state index in [1.54, 1.807) is 12.1 Å². The summed E-state index contributed by atoms with van der Waals surface area (Å²) in [5.74, 6) is 2.17. The zero-order valence-corrected chi connectivity index (χ0v) is 11.2. The van der Waals surface area contributed by atoms with Gasteiger partial charge in [0.05, 0.1) is 19.7 Å². The first-order chi connectivity index (χ1) is 9.10. The van der Waals surface area contributed by atoms with Crippen molar-refractivity contribution in [3.05, 3.63) is 47.3 Å². The fraction of sp³-hybridized carbons (Fsp3) is 0.357. The third kappa shape index (κ3) is 3.26. The van der Waals surface area contributed by atoms with Gasteiger partial charge in [0.1, 0.15) is 17.3 Å². The van der Waals surface area contributed by atoms with Crippen LogP contribution in [0.15, 0.2) is 33.1 Å². The molecule has 5 nitrogen and oxygen atoms in total. The van der Waals surface area contributed by atoms with E-state index in [1.165, 1.54) is 7.11 Å². The van der Waals surface area contributed by atoms with Crippen LogP contribution in [0.5, 0.6) is 0 Å². The molecule has 5 heteroatoms. The Balaban J connectivity index is 1.94. The highest BCUT2D eigenvalue weighted by molar-refractivity contribution is 5.86. The number of carbonyl (C=O) groups excluding carboxylic acids is 1. The standard InChI is InChI=1S/C14H17NO4/c1-9-4-5-11(18-9)8-15-10(2)12-6-7-13(19-12)14(16)17-3/h4-7,10,15H,8H2,1-3H3. The summed E-state index contributed by atoms with van der Waals surface area (Å²) in [6, 6.07) is 7.19. The van der Waals surface area contributed by atoms with Gasteiger partial charge in [0.15, 0.2) is 0 Å². The summed E-state index contributed by atoms with van der Waals surface area (Å²) in [4.78, 5) is 11.3. The first-order valence-electron chi connectivity index (χ1n) is 6.07. The molecule has 0 saturated carbocycles. The molecule has 0 aromatic carbocycles. The molecule has 2 heterocycles. The molecule has 0 radical (unpaired) electrons. The summed E-state index contributed by atoms with van der Waals surface area (Å²) in [5.41, 5.74) is 0. The van der Waals surface area contributed by atoms with Crippen LogP contribution in [0.4, 0.5) is 0 Å². The number of aryl methyl sites for hydroxylation is 1. The van der Waals surface area contributed by atoms with Crippen LogP contribution in [-0.4, -0.2) is 13.1 Å². The second-order valence-corrected chi connectivity index (χ2v) is 4.31. The monoisotopic (exact) mass is 263 g/mol. The second-order valence-electron chi connectivity index (χ2n) is 4.31. The van der Waals surface area contributed by atoms with Crippen LogP contribution in [-0.2, 0) is 11.3 Å². The van der Waals surface area contributed by atoms with Crippen molar-refractivity contribution in [3.63, 3.8) is 0 Å². The average molecular weight is 263 g/mol. The number of methoxy groups -OCH3 is 1. The Morgan fingerprint density at radius 3 is 2.74 bits per heavy atom. The van der Waals surface area contributed by atoms with Gasteiger partial charge in [0.25, 0.3) is 0 Å². The number of hydrogen-bond donors (Lipinski definition) is 1. The van der Waals surface area contributed by atoms with Crippen LogP contribution in [0.3, 0.4) is 0 Å². The van der Waals surface area contributed by atoms with Crippen molar-refractivity contribution in [2.75, 3.05) is 7.11 Å². The molecule has 2 rings (SSSR count). The van der Waals surface area contributed by atoms with E-state index in [0.717, 1.165) is 11.5 Å². The molecule has 1 atom stereocenters. The maximum atomic E-state index is 11.3. The van der Waals surface area contributed by atoms with Crippen LogP contribution in [0.25, 0.3) is 0 Å². The molecule has 0 spiro atoms. The number of rotatable bonds is 5. The van der Waals surface area contributed by atoms with Crippen molar-refractivity contribution in [3.8, 4) is 0 Å². The number of ether oxygens (including phenoxy) is 1. The lowest BCUT2D eigenvalue weighted by molar-refractivity contribution is 0.0562. The number of furan rings is 2. The second kappa shape index (κ2) is 5.75. The average Bonchev–Trinajstić information content (AvgIpc) is 3.04. The lowest BCUT2D eigenvalue weighted by atomic mass is 10.2. The Labute approximate surface area is 111 Å². The van der Waals surface area contributed by atoms with Crippen molar-refractivity contribution >= 4 is 5.97 Å². The van der Waals surface area contributed by atoms with Crippen LogP contribution >= 0.6 is 0 Å². The summed E-state index contributed by atoms with van der Waals surface area (Å²) in [5, 5.41) is 3.26. The molecule has 0 aliphatic carbocycles. The molecule has 1 N–H and O–H groups in total. The minimum absolute atomic E-state index is 0.0242. The van der Waals surface area contributed by atoms with Gasteiger partial charge in [-0.15, -0.1) is 0 Å². The zero-order valence-electron chi connectivity index (χ0n) is 11.2. The molecule has 1 unspecified atom stereocenters. The Morgan fingerprint density at radius 2 is 2.11 bits per heavy atom. The lowest BCUT2D eigenvalue weighted by Gasteiger charge is -2.09. The van der Waals surface area contributed by atoms with E-state index < -0.39 is 5.97 Å². The topological polar surface area (TPSA) is 64.6 Å². The quantitative estimate of drug-likeness (QED) is 0.840. The first kappa shape index (κ1) is 13.4. The minimum atomic E-state index is -0.472. The Bertz CT molecular complexity index is 555. The largest absolute Gasteiger partial charge is 0.465 e. The van der Waals surface area contributed by atoms with Crippen LogP contribution in [0.1, 0.15) is 40.8 Å². The van der Waals surface area contributed by atoms with E-state index in [9.17, 15) is 4.79 Å². The SMILES string of the molecule is COC(=O)c1ccc(C(C)NCc2ccc(C)o2)o1. The number of nitrogens with one attached hydrogen (secondary N) is 1. The molecule has 0 aliphatic heterocycles. The van der Waals surface area contributed by atoms with Gasteiger partial charge in [-0.05, 0) is 38.1 Å². The molecular weight excluding hydrogens is 246 g/mol. The van der Waals surface area contributed by atoms with Crippen molar-refractivity contribution in [2.24, 2.45) is 0 Å². The predicted molar refractivity (Wildman–Crippen MR) is 68.7 cm³/mol. The molecule has 2 aromatic rings. The van der Waals surface area contributed by atoms with Crippen molar-refractivity contribution < 1.29 is 18.4 Å². The fourth-order valence-electron chi connectivity index (χ4n) is 1.73. The number of hydrogen-bond acceptors (Lipinski definition) is 5. The normalized spacial score (nSPS) is 12.4. The van der Waals surface area contributed by atoms with Gasteiger partial charge in [0.2, 0.25) is 5.76 Å². The maximum Gasteiger partial charge on any atom is 0.373 e. The van der Waals surface area contributed by atoms with E-state index in [0.29, 0.717) is 12.3 Å². The zero-order chi connectivity index (χ0) is 13.8. The summed E-state index contributed by atoms with van der Waals surface area (Å²) in [6.07, 6.45) is 0. The summed E-state index contributed by atoms with van der Waals surface area (Å²) in [7, 11) is 1.32. The third-order valence-corrected chi connectivity index (χ3v) is 2.82. The fourth-order valence-corrected chi connectivity index (χ4v) is 1.73. The molecule has 0 bridgehead atoms. The van der Waals surface area contributed by atoms with Gasteiger partial charge >= 0.3 is 5.97 Å². The number of esters is 1. The van der Waals surface area contributed by atoms with E-state index in [-0.39, 0.29) is 11.8 Å². The van der Waals surface area contributed by atoms with Gasteiger partial charge in [-0.3, -0.25) is 0 Å². The Morgan fingerprint density at radius 1 is 1.32 bits per heavy atom. The van der Waals surface area contributed by atoms with E-state index in [4.69, 9.17) is 8.83 Å². The third-order valence-electron chi connectivity index (χ3n) is 2.82. The molecule has 0 fully saturated rings. The van der Waals surface area contributed by atoms with E-state index in [2.05, 4.69) is 10.1 Å². The van der Waals surface area contributed by atoms with Gasteiger partial charge in [0, 0.05) is 0 Å². The smallest absolute Gasteiger partial charge is 0.373 e. The number of carbonyl (C=O) groups is 1. The summed E-state index contributed by atoms with van der Waals surface area (Å²) < 4.78 is 15.5. The Hall–Kier alpha value is -2.01. The minimum Gasteiger partial charge on any atom is -0.465 e. The highest BCUT2D eigenvalue weighted by Gasteiger charge is 2.15. The van der Waals surface area contributed by atoms with Crippen molar-refractivity contribution in [2.45, 2.75) is 26.4 Å². The summed E-state index contributed by atoms with van der Waals surface area (Å²) in [6.45, 7) is 4.46. The maximum absolute atomic E-state index is 11.3. The molecule has 0 saturated heterocycles. The van der Waals surface area contributed by atoms with E-state index >= 15 is 0 Å². The predicted octanol–water partition coefficient (Wildman–Crippen LogP) is 2.82. The van der Waals surface area contributed by atoms with Gasteiger partial charge in [-0.25, -0.2) is 4.79 Å². The first-order valence-corrected chi connectivity index (χ1v) is 6.07. The molecule has 0 aliphatic rings. The molecule has 2 aromatic heterocycles. The van der Waals surface area contributed by atoms with Crippen LogP contribution in [0, 0.1) is 6.92 Å². The van der Waals surface area contributed by atoms with Gasteiger partial charge in [-0.2, -0.15) is 0 Å². The van der Waals surface area contributed by atoms with Crippen LogP contribution < -0.4 is 5.32 Å². The molecule has 0 amide bonds. The van der Waals surface area contributed by atoms with Crippen molar-refractivity contribution in [1.29, 1.82) is 0 Å². The van der Waals surface area contributed by atoms with Crippen molar-refractivity contribution in [1.82, 2.24) is 5.32 Å². The van der Waals surface area contributed by atoms with Crippen LogP contribution in [0.2, 0.25) is 0 Å². The molecule has 102 valence electrons. The molecule has 19 heavy (non-hydrogen) atoms. The van der Waals surface area contributed by atoms with Gasteiger partial charge in [-0.1, -0.05) is 0 Å². The summed E-state index contributed by atoms with van der Waals surface area (Å²) >= 11 is 0. The highest BCUT2D eigenvalue weighted by Crippen LogP contribution is 2.17. The molecular formula is C14H17NO4. The highest BCUT2D eigenvalue weighted by atomic mass is 16.5. The Kier molecular flexibility index (Phi) is 4.06.